The Bertz CT molecular complexity index is 543. The minimum Gasteiger partial charge on any atom is -0.493 e. The summed E-state index contributed by atoms with van der Waals surface area (Å²) in [4.78, 5) is 8.37. The van der Waals surface area contributed by atoms with Gasteiger partial charge in [0.2, 0.25) is 0 Å². The van der Waals surface area contributed by atoms with Gasteiger partial charge in [-0.3, -0.25) is 0 Å². The van der Waals surface area contributed by atoms with Gasteiger partial charge in [0.05, 0.1) is 12.3 Å². The molecule has 2 rings (SSSR count). The summed E-state index contributed by atoms with van der Waals surface area (Å²) in [7, 11) is 0. The molecule has 18 heavy (non-hydrogen) atoms. The van der Waals surface area contributed by atoms with Crippen molar-refractivity contribution in [2.75, 3.05) is 6.61 Å². The van der Waals surface area contributed by atoms with Gasteiger partial charge < -0.3 is 4.74 Å². The first-order chi connectivity index (χ1) is 8.77. The number of hydrogen-bond acceptors (Lipinski definition) is 3. The minimum absolute atomic E-state index is 0.508. The van der Waals surface area contributed by atoms with Crippen LogP contribution in [-0.4, -0.2) is 16.6 Å². The molecule has 1 aromatic carbocycles. The van der Waals surface area contributed by atoms with E-state index in [0.717, 1.165) is 29.0 Å². The Morgan fingerprint density at radius 1 is 1.17 bits per heavy atom. The molecule has 0 fully saturated rings. The number of ether oxygens (including phenoxy) is 1. The van der Waals surface area contributed by atoms with Gasteiger partial charge in [0.15, 0.2) is 0 Å². The van der Waals surface area contributed by atoms with Crippen molar-refractivity contribution >= 4 is 11.6 Å². The molecule has 0 amide bonds. The lowest BCUT2D eigenvalue weighted by molar-refractivity contribution is 0.341. The molecule has 0 N–H and O–H groups in total. The second-order valence-electron chi connectivity index (χ2n) is 3.77. The monoisotopic (exact) mass is 262 g/mol. The van der Waals surface area contributed by atoms with Gasteiger partial charge in [-0.1, -0.05) is 30.7 Å². The van der Waals surface area contributed by atoms with Crippen LogP contribution in [0.4, 0.5) is 0 Å². The van der Waals surface area contributed by atoms with Crippen molar-refractivity contribution in [3.63, 3.8) is 0 Å². The van der Waals surface area contributed by atoms with Crippen molar-refractivity contribution in [3.05, 3.63) is 41.3 Å². The standard InChI is InChI=1S/C14H15ClN2O/c1-3-10-13(16-9-17-14(10)15)11-7-5-6-8-12(11)18-4-2/h5-9H,3-4H2,1-2H3. The Hall–Kier alpha value is -1.61. The lowest BCUT2D eigenvalue weighted by Gasteiger charge is -2.12. The van der Waals surface area contributed by atoms with Crippen LogP contribution in [0.25, 0.3) is 11.3 Å². The summed E-state index contributed by atoms with van der Waals surface area (Å²) in [6.45, 7) is 4.62. The fraction of sp³-hybridized carbons (Fsp3) is 0.286. The van der Waals surface area contributed by atoms with E-state index < -0.39 is 0 Å². The van der Waals surface area contributed by atoms with Crippen LogP contribution in [0.15, 0.2) is 30.6 Å². The molecule has 0 aliphatic carbocycles. The number of nitrogens with zero attached hydrogens (tertiary/aromatic N) is 2. The summed E-state index contributed by atoms with van der Waals surface area (Å²) >= 11 is 6.12. The number of halogens is 1. The highest BCUT2D eigenvalue weighted by Crippen LogP contribution is 2.32. The normalized spacial score (nSPS) is 10.4. The van der Waals surface area contributed by atoms with Gasteiger partial charge in [-0.05, 0) is 25.5 Å². The van der Waals surface area contributed by atoms with E-state index in [1.807, 2.05) is 38.1 Å². The minimum atomic E-state index is 0.508. The topological polar surface area (TPSA) is 35.0 Å². The van der Waals surface area contributed by atoms with Gasteiger partial charge in [-0.2, -0.15) is 0 Å². The summed E-state index contributed by atoms with van der Waals surface area (Å²) < 4.78 is 5.63. The van der Waals surface area contributed by atoms with E-state index in [1.54, 1.807) is 0 Å². The van der Waals surface area contributed by atoms with E-state index >= 15 is 0 Å². The fourth-order valence-electron chi connectivity index (χ4n) is 1.88. The number of hydrogen-bond donors (Lipinski definition) is 0. The first kappa shape index (κ1) is 12.8. The van der Waals surface area contributed by atoms with Crippen LogP contribution >= 0.6 is 11.6 Å². The molecule has 0 saturated carbocycles. The molecular weight excluding hydrogens is 248 g/mol. The van der Waals surface area contributed by atoms with Crippen LogP contribution in [0, 0.1) is 0 Å². The van der Waals surface area contributed by atoms with Crippen LogP contribution in [0.3, 0.4) is 0 Å². The molecule has 4 heteroatoms. The number of para-hydroxylation sites is 1. The van der Waals surface area contributed by atoms with Gasteiger partial charge >= 0.3 is 0 Å². The van der Waals surface area contributed by atoms with E-state index in [1.165, 1.54) is 6.33 Å². The van der Waals surface area contributed by atoms with Gasteiger partial charge in [0, 0.05) is 11.1 Å². The van der Waals surface area contributed by atoms with Crippen molar-refractivity contribution in [2.24, 2.45) is 0 Å². The maximum Gasteiger partial charge on any atom is 0.136 e. The van der Waals surface area contributed by atoms with Gasteiger partial charge in [0.25, 0.3) is 0 Å². The lowest BCUT2D eigenvalue weighted by Crippen LogP contribution is -1.99. The third kappa shape index (κ3) is 2.46. The zero-order valence-corrected chi connectivity index (χ0v) is 11.2. The summed E-state index contributed by atoms with van der Waals surface area (Å²) in [6.07, 6.45) is 2.27. The predicted octanol–water partition coefficient (Wildman–Crippen LogP) is 3.76. The highest BCUT2D eigenvalue weighted by atomic mass is 35.5. The van der Waals surface area contributed by atoms with Crippen LogP contribution in [0.2, 0.25) is 5.15 Å². The molecule has 0 radical (unpaired) electrons. The molecule has 1 heterocycles. The molecule has 0 aliphatic rings. The molecule has 0 atom stereocenters. The highest BCUT2D eigenvalue weighted by Gasteiger charge is 2.13. The van der Waals surface area contributed by atoms with Crippen LogP contribution in [-0.2, 0) is 6.42 Å². The molecular formula is C14H15ClN2O. The third-order valence-electron chi connectivity index (χ3n) is 2.69. The van der Waals surface area contributed by atoms with E-state index in [-0.39, 0.29) is 0 Å². The van der Waals surface area contributed by atoms with Gasteiger partial charge in [-0.25, -0.2) is 9.97 Å². The zero-order chi connectivity index (χ0) is 13.0. The van der Waals surface area contributed by atoms with E-state index in [2.05, 4.69) is 9.97 Å². The molecule has 3 nitrogen and oxygen atoms in total. The van der Waals surface area contributed by atoms with Crippen molar-refractivity contribution in [1.29, 1.82) is 0 Å². The Morgan fingerprint density at radius 2 is 1.94 bits per heavy atom. The van der Waals surface area contributed by atoms with E-state index in [0.29, 0.717) is 11.8 Å². The second-order valence-corrected chi connectivity index (χ2v) is 4.13. The van der Waals surface area contributed by atoms with E-state index in [4.69, 9.17) is 16.3 Å². The summed E-state index contributed by atoms with van der Waals surface area (Å²) in [6, 6.07) is 7.84. The van der Waals surface area contributed by atoms with Crippen molar-refractivity contribution < 1.29 is 4.74 Å². The predicted molar refractivity (Wildman–Crippen MR) is 73.0 cm³/mol. The maximum atomic E-state index is 6.12. The number of aromatic nitrogens is 2. The van der Waals surface area contributed by atoms with Crippen molar-refractivity contribution in [2.45, 2.75) is 20.3 Å². The first-order valence-corrected chi connectivity index (χ1v) is 6.37. The van der Waals surface area contributed by atoms with Crippen LogP contribution < -0.4 is 4.74 Å². The molecule has 0 unspecified atom stereocenters. The molecule has 0 aliphatic heterocycles. The number of rotatable bonds is 4. The molecule has 94 valence electrons. The quantitative estimate of drug-likeness (QED) is 0.787. The molecule has 0 bridgehead atoms. The smallest absolute Gasteiger partial charge is 0.136 e. The Kier molecular flexibility index (Phi) is 4.15. The zero-order valence-electron chi connectivity index (χ0n) is 10.5. The molecule has 0 spiro atoms. The average molecular weight is 263 g/mol. The van der Waals surface area contributed by atoms with Crippen LogP contribution in [0.5, 0.6) is 5.75 Å². The molecule has 0 saturated heterocycles. The third-order valence-corrected chi connectivity index (χ3v) is 3.01. The first-order valence-electron chi connectivity index (χ1n) is 5.99. The SMILES string of the molecule is CCOc1ccccc1-c1ncnc(Cl)c1CC. The van der Waals surface area contributed by atoms with Gasteiger partial charge in [0.1, 0.15) is 17.2 Å². The van der Waals surface area contributed by atoms with Gasteiger partial charge in [-0.15, -0.1) is 0 Å². The van der Waals surface area contributed by atoms with Crippen LogP contribution in [0.1, 0.15) is 19.4 Å². The summed E-state index contributed by atoms with van der Waals surface area (Å²) in [5.41, 5.74) is 2.76. The Balaban J connectivity index is 2.58. The largest absolute Gasteiger partial charge is 0.493 e. The summed E-state index contributed by atoms with van der Waals surface area (Å²) in [5, 5.41) is 0.508. The van der Waals surface area contributed by atoms with Crippen molar-refractivity contribution in [1.82, 2.24) is 9.97 Å². The lowest BCUT2D eigenvalue weighted by atomic mass is 10.0. The fourth-order valence-corrected chi connectivity index (χ4v) is 2.15. The summed E-state index contributed by atoms with van der Waals surface area (Å²) in [5.74, 6) is 0.824. The molecule has 1 aromatic heterocycles. The van der Waals surface area contributed by atoms with E-state index in [9.17, 15) is 0 Å². The Labute approximate surface area is 112 Å². The average Bonchev–Trinajstić information content (AvgIpc) is 2.39. The molecule has 2 aromatic rings. The second kappa shape index (κ2) is 5.83. The highest BCUT2D eigenvalue weighted by molar-refractivity contribution is 6.30. The Morgan fingerprint density at radius 3 is 2.67 bits per heavy atom. The van der Waals surface area contributed by atoms with Crippen molar-refractivity contribution in [3.8, 4) is 17.0 Å². The maximum absolute atomic E-state index is 6.12. The number of benzene rings is 1.